The summed E-state index contributed by atoms with van der Waals surface area (Å²) in [6.45, 7) is 2.21. The summed E-state index contributed by atoms with van der Waals surface area (Å²) in [7, 11) is 1.53. The van der Waals surface area contributed by atoms with Gasteiger partial charge in [-0.2, -0.15) is 0 Å². The van der Waals surface area contributed by atoms with Gasteiger partial charge in [-0.15, -0.1) is 0 Å². The zero-order valence-electron chi connectivity index (χ0n) is 12.2. The highest BCUT2D eigenvalue weighted by molar-refractivity contribution is 5.94. The molecule has 1 rings (SSSR count). The number of hydrogen-bond donors (Lipinski definition) is 2. The van der Waals surface area contributed by atoms with E-state index < -0.39 is 0 Å². The van der Waals surface area contributed by atoms with Crippen LogP contribution in [0.3, 0.4) is 0 Å². The van der Waals surface area contributed by atoms with Gasteiger partial charge in [-0.05, 0) is 18.6 Å². The molecule has 2 amide bonds. The molecule has 2 N–H and O–H groups in total. The first-order valence-electron chi connectivity index (χ1n) is 6.68. The van der Waals surface area contributed by atoms with E-state index in [1.807, 2.05) is 6.92 Å². The van der Waals surface area contributed by atoms with E-state index in [1.165, 1.54) is 18.1 Å². The number of carbonyl (C=O) groups excluding carboxylic acids is 2. The average Bonchev–Trinajstić information content (AvgIpc) is 2.52. The topological polar surface area (TPSA) is 82.5 Å². The van der Waals surface area contributed by atoms with Crippen molar-refractivity contribution in [2.45, 2.75) is 13.3 Å². The summed E-state index contributed by atoms with van der Waals surface area (Å²) in [4.78, 5) is 29.3. The fourth-order valence-electron chi connectivity index (χ4n) is 1.67. The maximum atomic E-state index is 12.3. The minimum absolute atomic E-state index is 0.0108. The number of pyridine rings is 1. The van der Waals surface area contributed by atoms with Gasteiger partial charge in [0.05, 0.1) is 6.54 Å². The van der Waals surface area contributed by atoms with Gasteiger partial charge in [-0.3, -0.25) is 9.59 Å². The molecule has 0 atom stereocenters. The summed E-state index contributed by atoms with van der Waals surface area (Å²) in [5.41, 5.74) is 0.885. The average molecular weight is 289 g/mol. The van der Waals surface area contributed by atoms with E-state index in [1.54, 1.807) is 12.1 Å². The Morgan fingerprint density at radius 1 is 1.43 bits per heavy atom. The van der Waals surface area contributed by atoms with Crippen LogP contribution in [0.2, 0.25) is 0 Å². The van der Waals surface area contributed by atoms with Crippen LogP contribution in [0, 0.1) is 11.8 Å². The van der Waals surface area contributed by atoms with Gasteiger partial charge in [0.25, 0.3) is 5.91 Å². The van der Waals surface area contributed by atoms with Crippen molar-refractivity contribution in [3.63, 3.8) is 0 Å². The minimum Gasteiger partial charge on any atom is -0.384 e. The number of nitrogens with zero attached hydrogens (tertiary/aromatic N) is 2. The molecule has 0 spiro atoms. The maximum absolute atomic E-state index is 12.3. The number of rotatable bonds is 5. The molecule has 0 aliphatic heterocycles. The first kappa shape index (κ1) is 16.7. The number of likely N-dealkylation sites (N-methyl/N-ethyl adjacent to an activating group) is 1. The van der Waals surface area contributed by atoms with Gasteiger partial charge >= 0.3 is 0 Å². The van der Waals surface area contributed by atoms with Crippen molar-refractivity contribution in [2.75, 3.05) is 26.7 Å². The number of aliphatic hydroxyl groups excluding tert-OH is 1. The van der Waals surface area contributed by atoms with Crippen LogP contribution in [-0.2, 0) is 4.79 Å². The maximum Gasteiger partial charge on any atom is 0.272 e. The summed E-state index contributed by atoms with van der Waals surface area (Å²) in [6, 6.07) is 3.23. The molecule has 0 aliphatic rings. The Morgan fingerprint density at radius 3 is 2.71 bits per heavy atom. The third-order valence-electron chi connectivity index (χ3n) is 2.69. The van der Waals surface area contributed by atoms with Gasteiger partial charge in [-0.1, -0.05) is 18.8 Å². The smallest absolute Gasteiger partial charge is 0.272 e. The van der Waals surface area contributed by atoms with E-state index in [0.717, 1.165) is 6.42 Å². The van der Waals surface area contributed by atoms with E-state index in [2.05, 4.69) is 22.1 Å². The van der Waals surface area contributed by atoms with Crippen molar-refractivity contribution in [1.82, 2.24) is 15.2 Å². The summed E-state index contributed by atoms with van der Waals surface area (Å²) in [5.74, 6) is 4.70. The molecule has 0 aromatic carbocycles. The second-order valence-electron chi connectivity index (χ2n) is 4.29. The van der Waals surface area contributed by atoms with Crippen LogP contribution in [0.4, 0.5) is 0 Å². The Labute approximate surface area is 124 Å². The van der Waals surface area contributed by atoms with E-state index in [9.17, 15) is 9.59 Å². The SMILES string of the molecule is CCCN(CC(=O)NC)C(=O)c1ccc(C#CCO)cn1. The van der Waals surface area contributed by atoms with Gasteiger partial charge < -0.3 is 15.3 Å². The van der Waals surface area contributed by atoms with Crippen LogP contribution in [0.1, 0.15) is 29.4 Å². The Bertz CT molecular complexity index is 544. The molecule has 0 unspecified atom stereocenters. The minimum atomic E-state index is -0.290. The van der Waals surface area contributed by atoms with E-state index in [-0.39, 0.29) is 30.7 Å². The number of aromatic nitrogens is 1. The van der Waals surface area contributed by atoms with Crippen LogP contribution in [-0.4, -0.2) is 53.5 Å². The Morgan fingerprint density at radius 2 is 2.19 bits per heavy atom. The molecule has 0 radical (unpaired) electrons. The zero-order valence-corrected chi connectivity index (χ0v) is 12.2. The second kappa shape index (κ2) is 8.72. The van der Waals surface area contributed by atoms with Crippen LogP contribution >= 0.6 is 0 Å². The van der Waals surface area contributed by atoms with Crippen molar-refractivity contribution in [1.29, 1.82) is 0 Å². The number of aliphatic hydroxyl groups is 1. The molecule has 1 heterocycles. The lowest BCUT2D eigenvalue weighted by molar-refractivity contribution is -0.121. The predicted octanol–water partition coefficient (Wildman–Crippen LogP) is 0.0236. The van der Waals surface area contributed by atoms with Crippen LogP contribution < -0.4 is 5.32 Å². The second-order valence-corrected chi connectivity index (χ2v) is 4.29. The third-order valence-corrected chi connectivity index (χ3v) is 2.69. The van der Waals surface area contributed by atoms with Gasteiger partial charge in [0.15, 0.2) is 0 Å². The summed E-state index contributed by atoms with van der Waals surface area (Å²) in [5, 5.41) is 11.1. The van der Waals surface area contributed by atoms with Crippen LogP contribution in [0.5, 0.6) is 0 Å². The van der Waals surface area contributed by atoms with E-state index in [4.69, 9.17) is 5.11 Å². The molecular weight excluding hydrogens is 270 g/mol. The third kappa shape index (κ3) is 5.24. The largest absolute Gasteiger partial charge is 0.384 e. The number of nitrogens with one attached hydrogen (secondary N) is 1. The van der Waals surface area contributed by atoms with Crippen molar-refractivity contribution in [3.8, 4) is 11.8 Å². The summed E-state index contributed by atoms with van der Waals surface area (Å²) < 4.78 is 0. The zero-order chi connectivity index (χ0) is 15.7. The van der Waals surface area contributed by atoms with Crippen LogP contribution in [0.25, 0.3) is 0 Å². The summed E-state index contributed by atoms with van der Waals surface area (Å²) >= 11 is 0. The highest BCUT2D eigenvalue weighted by Crippen LogP contribution is 2.04. The molecule has 6 nitrogen and oxygen atoms in total. The summed E-state index contributed by atoms with van der Waals surface area (Å²) in [6.07, 6.45) is 2.22. The van der Waals surface area contributed by atoms with E-state index >= 15 is 0 Å². The van der Waals surface area contributed by atoms with Gasteiger partial charge in [0, 0.05) is 25.4 Å². The highest BCUT2D eigenvalue weighted by atomic mass is 16.2. The van der Waals surface area contributed by atoms with Crippen molar-refractivity contribution in [2.24, 2.45) is 0 Å². The Kier molecular flexibility index (Phi) is 6.92. The standard InChI is InChI=1S/C15H19N3O3/c1-3-8-18(11-14(20)16-2)15(21)13-7-6-12(10-17-13)5-4-9-19/h6-7,10,19H,3,8-9,11H2,1-2H3,(H,16,20). The number of amides is 2. The molecular formula is C15H19N3O3. The molecule has 21 heavy (non-hydrogen) atoms. The fourth-order valence-corrected chi connectivity index (χ4v) is 1.67. The van der Waals surface area contributed by atoms with Gasteiger partial charge in [0.2, 0.25) is 5.91 Å². The Hall–Kier alpha value is -2.39. The van der Waals surface area contributed by atoms with Crippen LogP contribution in [0.15, 0.2) is 18.3 Å². The molecule has 0 fully saturated rings. The lowest BCUT2D eigenvalue weighted by Crippen LogP contribution is -2.40. The quantitative estimate of drug-likeness (QED) is 0.749. The van der Waals surface area contributed by atoms with Crippen molar-refractivity contribution in [3.05, 3.63) is 29.6 Å². The molecule has 6 heteroatoms. The Balaban J connectivity index is 2.85. The molecule has 0 aliphatic carbocycles. The van der Waals surface area contributed by atoms with E-state index in [0.29, 0.717) is 12.1 Å². The van der Waals surface area contributed by atoms with Gasteiger partial charge in [-0.25, -0.2) is 4.98 Å². The first-order chi connectivity index (χ1) is 10.1. The predicted molar refractivity (Wildman–Crippen MR) is 78.5 cm³/mol. The molecule has 0 bridgehead atoms. The molecule has 1 aromatic heterocycles. The molecule has 0 saturated heterocycles. The monoisotopic (exact) mass is 289 g/mol. The van der Waals surface area contributed by atoms with Crippen molar-refractivity contribution < 1.29 is 14.7 Å². The number of carbonyl (C=O) groups is 2. The lowest BCUT2D eigenvalue weighted by Gasteiger charge is -2.20. The molecule has 1 aromatic rings. The fraction of sp³-hybridized carbons (Fsp3) is 0.400. The van der Waals surface area contributed by atoms with Crippen molar-refractivity contribution >= 4 is 11.8 Å². The first-order valence-corrected chi connectivity index (χ1v) is 6.68. The molecule has 0 saturated carbocycles. The highest BCUT2D eigenvalue weighted by Gasteiger charge is 2.18. The normalized spacial score (nSPS) is 9.48. The number of hydrogen-bond acceptors (Lipinski definition) is 4. The lowest BCUT2D eigenvalue weighted by atomic mass is 10.2. The van der Waals surface area contributed by atoms with Gasteiger partial charge in [0.1, 0.15) is 12.3 Å². The molecule has 112 valence electrons.